The van der Waals surface area contributed by atoms with Crippen molar-refractivity contribution < 1.29 is 19.8 Å². The van der Waals surface area contributed by atoms with Crippen LogP contribution in [-0.2, 0) is 17.8 Å². The monoisotopic (exact) mass is 537 g/mol. The van der Waals surface area contributed by atoms with Crippen LogP contribution in [0.25, 0.3) is 11.3 Å². The maximum Gasteiger partial charge on any atom is 0.405 e. The molecule has 0 aliphatic rings. The SMILES string of the molecule is Cc1cc(O)cc(C)c1CC(NC(=O)O)C(=O)N(Cc1cccc(C#N)c1)C(C)c1ncc(-c2ccccc2)[nH]1. The lowest BCUT2D eigenvalue weighted by Gasteiger charge is -2.32. The first-order valence-electron chi connectivity index (χ1n) is 12.8. The summed E-state index contributed by atoms with van der Waals surface area (Å²) in [6, 6.07) is 20.3. The summed E-state index contributed by atoms with van der Waals surface area (Å²) in [6.45, 7) is 5.58. The standard InChI is InChI=1S/C31H31N5O4/c1-19-12-25(37)13-20(2)26(19)15-27(35-31(39)40)30(38)36(18-23-9-7-8-22(14-23)16-32)21(3)29-33-17-28(34-29)24-10-5-4-6-11-24/h4-14,17,21,27,35,37H,15,18H2,1-3H3,(H,33,34)(H,39,40). The van der Waals surface area contributed by atoms with Crippen molar-refractivity contribution in [3.8, 4) is 23.1 Å². The molecule has 0 fully saturated rings. The van der Waals surface area contributed by atoms with Gasteiger partial charge in [0.25, 0.3) is 0 Å². The van der Waals surface area contributed by atoms with Gasteiger partial charge in [-0.05, 0) is 72.9 Å². The van der Waals surface area contributed by atoms with E-state index in [1.165, 1.54) is 0 Å². The van der Waals surface area contributed by atoms with Gasteiger partial charge in [-0.15, -0.1) is 0 Å². The molecule has 0 saturated heterocycles. The molecule has 0 saturated carbocycles. The number of nitrogens with zero attached hydrogens (tertiary/aromatic N) is 3. The fourth-order valence-corrected chi connectivity index (χ4v) is 4.85. The second-order valence-corrected chi connectivity index (χ2v) is 9.77. The lowest BCUT2D eigenvalue weighted by atomic mass is 9.95. The van der Waals surface area contributed by atoms with Gasteiger partial charge in [0, 0.05) is 13.0 Å². The van der Waals surface area contributed by atoms with Crippen molar-refractivity contribution in [1.82, 2.24) is 20.2 Å². The van der Waals surface area contributed by atoms with Gasteiger partial charge in [-0.1, -0.05) is 42.5 Å². The number of nitriles is 1. The van der Waals surface area contributed by atoms with Crippen LogP contribution in [0.15, 0.2) is 72.9 Å². The highest BCUT2D eigenvalue weighted by Crippen LogP contribution is 2.27. The number of aryl methyl sites for hydroxylation is 2. The Morgan fingerprint density at radius 2 is 1.77 bits per heavy atom. The van der Waals surface area contributed by atoms with Crippen molar-refractivity contribution >= 4 is 12.0 Å². The summed E-state index contributed by atoms with van der Waals surface area (Å²) in [5.74, 6) is 0.198. The smallest absolute Gasteiger partial charge is 0.405 e. The van der Waals surface area contributed by atoms with Gasteiger partial charge in [0.1, 0.15) is 17.6 Å². The number of phenols is 1. The summed E-state index contributed by atoms with van der Waals surface area (Å²) >= 11 is 0. The van der Waals surface area contributed by atoms with Crippen molar-refractivity contribution in [1.29, 1.82) is 5.26 Å². The quantitative estimate of drug-likeness (QED) is 0.230. The molecule has 1 heterocycles. The van der Waals surface area contributed by atoms with E-state index in [9.17, 15) is 25.1 Å². The molecular formula is C31H31N5O4. The second kappa shape index (κ2) is 12.2. The fraction of sp³-hybridized carbons (Fsp3) is 0.226. The lowest BCUT2D eigenvalue weighted by molar-refractivity contribution is -0.136. The summed E-state index contributed by atoms with van der Waals surface area (Å²) < 4.78 is 0. The molecule has 3 aromatic carbocycles. The second-order valence-electron chi connectivity index (χ2n) is 9.77. The third kappa shape index (κ3) is 6.48. The van der Waals surface area contributed by atoms with Gasteiger partial charge in [0.2, 0.25) is 5.91 Å². The molecule has 0 aliphatic heterocycles. The fourth-order valence-electron chi connectivity index (χ4n) is 4.85. The molecule has 0 radical (unpaired) electrons. The highest BCUT2D eigenvalue weighted by Gasteiger charge is 2.32. The molecular weight excluding hydrogens is 506 g/mol. The molecule has 4 N–H and O–H groups in total. The number of hydrogen-bond acceptors (Lipinski definition) is 5. The molecule has 0 bridgehead atoms. The molecule has 9 heteroatoms. The minimum atomic E-state index is -1.32. The predicted octanol–water partition coefficient (Wildman–Crippen LogP) is 5.24. The summed E-state index contributed by atoms with van der Waals surface area (Å²) in [6.07, 6.45) is 0.477. The zero-order valence-corrected chi connectivity index (χ0v) is 22.5. The van der Waals surface area contributed by atoms with Gasteiger partial charge >= 0.3 is 6.09 Å². The van der Waals surface area contributed by atoms with Crippen LogP contribution in [0.5, 0.6) is 5.75 Å². The number of benzene rings is 3. The molecule has 4 rings (SSSR count). The van der Waals surface area contributed by atoms with E-state index in [0.29, 0.717) is 11.4 Å². The first-order valence-corrected chi connectivity index (χ1v) is 12.8. The van der Waals surface area contributed by atoms with Crippen molar-refractivity contribution in [2.75, 3.05) is 0 Å². The van der Waals surface area contributed by atoms with E-state index in [-0.39, 0.29) is 18.7 Å². The highest BCUT2D eigenvalue weighted by molar-refractivity contribution is 5.86. The number of H-pyrrole nitrogens is 1. The third-order valence-electron chi connectivity index (χ3n) is 6.92. The zero-order chi connectivity index (χ0) is 28.8. The summed E-state index contributed by atoms with van der Waals surface area (Å²) in [4.78, 5) is 35.4. The van der Waals surface area contributed by atoms with E-state index in [1.807, 2.05) is 57.2 Å². The van der Waals surface area contributed by atoms with Crippen LogP contribution in [0, 0.1) is 25.2 Å². The first kappa shape index (κ1) is 27.9. The number of phenolic OH excluding ortho intramolecular Hbond substituents is 1. The van der Waals surface area contributed by atoms with Crippen LogP contribution in [-0.4, -0.2) is 43.1 Å². The Morgan fingerprint density at radius 3 is 2.42 bits per heavy atom. The van der Waals surface area contributed by atoms with Crippen molar-refractivity contribution in [2.45, 2.75) is 45.8 Å². The van der Waals surface area contributed by atoms with E-state index in [0.717, 1.165) is 33.5 Å². The van der Waals surface area contributed by atoms with E-state index in [1.54, 1.807) is 41.4 Å². The van der Waals surface area contributed by atoms with Crippen LogP contribution in [0.2, 0.25) is 0 Å². The molecule has 204 valence electrons. The van der Waals surface area contributed by atoms with Crippen LogP contribution in [0.1, 0.15) is 46.6 Å². The number of hydrogen-bond donors (Lipinski definition) is 4. The van der Waals surface area contributed by atoms with Crippen LogP contribution >= 0.6 is 0 Å². The summed E-state index contributed by atoms with van der Waals surface area (Å²) in [7, 11) is 0. The third-order valence-corrected chi connectivity index (χ3v) is 6.92. The Balaban J connectivity index is 1.72. The highest BCUT2D eigenvalue weighted by atomic mass is 16.4. The Labute approximate surface area is 232 Å². The minimum absolute atomic E-state index is 0.0952. The van der Waals surface area contributed by atoms with Gasteiger partial charge in [-0.2, -0.15) is 5.26 Å². The number of rotatable bonds is 9. The zero-order valence-electron chi connectivity index (χ0n) is 22.5. The van der Waals surface area contributed by atoms with E-state index < -0.39 is 24.1 Å². The van der Waals surface area contributed by atoms with Gasteiger partial charge in [-0.25, -0.2) is 9.78 Å². The molecule has 2 atom stereocenters. The molecule has 9 nitrogen and oxygen atoms in total. The van der Waals surface area contributed by atoms with Crippen LogP contribution in [0.3, 0.4) is 0 Å². The maximum absolute atomic E-state index is 14.2. The Hall–Kier alpha value is -5.10. The number of imidazole rings is 1. The van der Waals surface area contributed by atoms with Crippen LogP contribution < -0.4 is 5.32 Å². The topological polar surface area (TPSA) is 142 Å². The van der Waals surface area contributed by atoms with Gasteiger partial charge < -0.3 is 25.4 Å². The summed E-state index contributed by atoms with van der Waals surface area (Å²) in [5, 5.41) is 31.4. The molecule has 0 aliphatic carbocycles. The van der Waals surface area contributed by atoms with E-state index in [2.05, 4.69) is 21.4 Å². The van der Waals surface area contributed by atoms with Gasteiger partial charge in [0.15, 0.2) is 0 Å². The molecule has 0 spiro atoms. The number of carboxylic acid groups (broad SMARTS) is 1. The molecule has 2 amide bonds. The number of aromatic nitrogens is 2. The van der Waals surface area contributed by atoms with E-state index in [4.69, 9.17) is 0 Å². The van der Waals surface area contributed by atoms with Gasteiger partial charge in [0.05, 0.1) is 29.6 Å². The number of amides is 2. The average Bonchev–Trinajstić information content (AvgIpc) is 3.43. The summed E-state index contributed by atoms with van der Waals surface area (Å²) in [5.41, 5.74) is 5.18. The maximum atomic E-state index is 14.2. The van der Waals surface area contributed by atoms with E-state index >= 15 is 0 Å². The average molecular weight is 538 g/mol. The number of carbonyl (C=O) groups is 2. The molecule has 2 unspecified atom stereocenters. The van der Waals surface area contributed by atoms with Crippen molar-refractivity contribution in [3.05, 3.63) is 107 Å². The largest absolute Gasteiger partial charge is 0.508 e. The molecule has 1 aromatic heterocycles. The Bertz CT molecular complexity index is 1530. The minimum Gasteiger partial charge on any atom is -0.508 e. The number of carbonyl (C=O) groups excluding carboxylic acids is 1. The van der Waals surface area contributed by atoms with Crippen molar-refractivity contribution in [3.63, 3.8) is 0 Å². The Morgan fingerprint density at radius 1 is 1.07 bits per heavy atom. The molecule has 40 heavy (non-hydrogen) atoms. The number of nitrogens with one attached hydrogen (secondary N) is 2. The van der Waals surface area contributed by atoms with Gasteiger partial charge in [-0.3, -0.25) is 4.79 Å². The predicted molar refractivity (Wildman–Crippen MR) is 150 cm³/mol. The number of aromatic hydroxyl groups is 1. The lowest BCUT2D eigenvalue weighted by Crippen LogP contribution is -2.50. The normalized spacial score (nSPS) is 12.2. The molecule has 4 aromatic rings. The van der Waals surface area contributed by atoms with Crippen molar-refractivity contribution in [2.24, 2.45) is 0 Å². The number of aromatic amines is 1. The van der Waals surface area contributed by atoms with Crippen LogP contribution in [0.4, 0.5) is 4.79 Å². The Kier molecular flexibility index (Phi) is 8.50. The first-order chi connectivity index (χ1) is 19.2.